The van der Waals surface area contributed by atoms with Gasteiger partial charge in [0, 0.05) is 36.5 Å². The van der Waals surface area contributed by atoms with Crippen LogP contribution in [0, 0.1) is 20.8 Å². The average Bonchev–Trinajstić information content (AvgIpc) is 2.91. The van der Waals surface area contributed by atoms with E-state index in [2.05, 4.69) is 15.4 Å². The molecule has 0 unspecified atom stereocenters. The highest BCUT2D eigenvalue weighted by atomic mass is 16.2. The molecule has 142 valence electrons. The molecule has 2 heterocycles. The Labute approximate surface area is 154 Å². The van der Waals surface area contributed by atoms with Crippen LogP contribution in [0.25, 0.3) is 5.65 Å². The predicted molar refractivity (Wildman–Crippen MR) is 101 cm³/mol. The van der Waals surface area contributed by atoms with E-state index in [1.807, 2.05) is 52.1 Å². The van der Waals surface area contributed by atoms with Crippen LogP contribution < -0.4 is 5.32 Å². The van der Waals surface area contributed by atoms with Crippen LogP contribution in [-0.4, -0.2) is 50.4 Å². The summed E-state index contributed by atoms with van der Waals surface area (Å²) in [6.45, 7) is 12.2. The maximum Gasteiger partial charge on any atom is 0.239 e. The third kappa shape index (κ3) is 4.59. The number of carbonyl (C=O) groups excluding carboxylic acids is 2. The maximum atomic E-state index is 12.6. The first-order valence-electron chi connectivity index (χ1n) is 9.12. The number of fused-ring (bicyclic) bond motifs is 1. The van der Waals surface area contributed by atoms with Crippen molar-refractivity contribution in [2.24, 2.45) is 0 Å². The van der Waals surface area contributed by atoms with Gasteiger partial charge in [0.25, 0.3) is 0 Å². The first-order chi connectivity index (χ1) is 12.2. The first kappa shape index (κ1) is 19.9. The molecule has 0 atom stereocenters. The second-order valence-corrected chi connectivity index (χ2v) is 6.95. The van der Waals surface area contributed by atoms with E-state index in [0.717, 1.165) is 28.3 Å². The van der Waals surface area contributed by atoms with Crippen LogP contribution >= 0.6 is 0 Å². The highest BCUT2D eigenvalue weighted by Gasteiger charge is 2.18. The van der Waals surface area contributed by atoms with E-state index in [0.29, 0.717) is 19.4 Å². The summed E-state index contributed by atoms with van der Waals surface area (Å²) in [4.78, 5) is 30.7. The monoisotopic (exact) mass is 359 g/mol. The standard InChI is InChI=1S/C19H29N5O2/c1-7-23(11-18(25)20-12(2)3)19(26)9-8-16-14(5)21-17-10-13(4)22-24(17)15(16)6/h10,12H,7-9,11H2,1-6H3,(H,20,25). The lowest BCUT2D eigenvalue weighted by molar-refractivity contribution is -0.136. The Kier molecular flexibility index (Phi) is 6.34. The molecule has 0 bridgehead atoms. The molecule has 26 heavy (non-hydrogen) atoms. The molecule has 2 aromatic rings. The van der Waals surface area contributed by atoms with Gasteiger partial charge in [0.2, 0.25) is 11.8 Å². The molecule has 2 aromatic heterocycles. The van der Waals surface area contributed by atoms with Crippen LogP contribution in [0.4, 0.5) is 0 Å². The molecule has 0 saturated heterocycles. The molecule has 0 radical (unpaired) electrons. The highest BCUT2D eigenvalue weighted by molar-refractivity contribution is 5.85. The highest BCUT2D eigenvalue weighted by Crippen LogP contribution is 2.17. The van der Waals surface area contributed by atoms with Gasteiger partial charge in [-0.1, -0.05) is 0 Å². The van der Waals surface area contributed by atoms with Gasteiger partial charge in [-0.15, -0.1) is 0 Å². The molecule has 7 nitrogen and oxygen atoms in total. The quantitative estimate of drug-likeness (QED) is 0.819. The summed E-state index contributed by atoms with van der Waals surface area (Å²) in [5.74, 6) is -0.153. The molecule has 0 fully saturated rings. The van der Waals surface area contributed by atoms with E-state index in [9.17, 15) is 9.59 Å². The van der Waals surface area contributed by atoms with Gasteiger partial charge in [-0.3, -0.25) is 9.59 Å². The lowest BCUT2D eigenvalue weighted by Crippen LogP contribution is -2.42. The van der Waals surface area contributed by atoms with Crippen LogP contribution in [0.3, 0.4) is 0 Å². The number of aryl methyl sites for hydroxylation is 3. The van der Waals surface area contributed by atoms with E-state index in [4.69, 9.17) is 0 Å². The van der Waals surface area contributed by atoms with Gasteiger partial charge >= 0.3 is 0 Å². The Morgan fingerprint density at radius 1 is 1.27 bits per heavy atom. The number of amides is 2. The zero-order valence-electron chi connectivity index (χ0n) is 16.6. The molecular formula is C19H29N5O2. The molecule has 0 aliphatic rings. The largest absolute Gasteiger partial charge is 0.352 e. The molecule has 2 rings (SSSR count). The molecule has 2 amide bonds. The number of rotatable bonds is 7. The van der Waals surface area contributed by atoms with Crippen molar-refractivity contribution in [3.8, 4) is 0 Å². The summed E-state index contributed by atoms with van der Waals surface area (Å²) < 4.78 is 1.83. The first-order valence-corrected chi connectivity index (χ1v) is 9.12. The Morgan fingerprint density at radius 2 is 1.96 bits per heavy atom. The van der Waals surface area contributed by atoms with Crippen LogP contribution in [0.5, 0.6) is 0 Å². The van der Waals surface area contributed by atoms with Crippen molar-refractivity contribution in [1.29, 1.82) is 0 Å². The molecule has 0 aliphatic heterocycles. The summed E-state index contributed by atoms with van der Waals surface area (Å²) in [7, 11) is 0. The summed E-state index contributed by atoms with van der Waals surface area (Å²) in [6.07, 6.45) is 0.929. The fourth-order valence-corrected chi connectivity index (χ4v) is 3.11. The molecule has 7 heteroatoms. The average molecular weight is 359 g/mol. The molecule has 0 saturated carbocycles. The smallest absolute Gasteiger partial charge is 0.239 e. The fourth-order valence-electron chi connectivity index (χ4n) is 3.11. The topological polar surface area (TPSA) is 79.6 Å². The minimum atomic E-state index is -0.127. The van der Waals surface area contributed by atoms with Gasteiger partial charge in [0.15, 0.2) is 5.65 Å². The fraction of sp³-hybridized carbons (Fsp3) is 0.579. The molecule has 0 aliphatic carbocycles. The Balaban J connectivity index is 2.08. The normalized spacial score (nSPS) is 11.2. The van der Waals surface area contributed by atoms with Crippen LogP contribution in [0.15, 0.2) is 6.07 Å². The third-order valence-electron chi connectivity index (χ3n) is 4.39. The number of hydrogen-bond donors (Lipinski definition) is 1. The number of nitrogens with one attached hydrogen (secondary N) is 1. The van der Waals surface area contributed by atoms with E-state index in [1.54, 1.807) is 4.90 Å². The van der Waals surface area contributed by atoms with Crippen LogP contribution in [0.1, 0.15) is 49.8 Å². The minimum Gasteiger partial charge on any atom is -0.352 e. The predicted octanol–water partition coefficient (Wildman–Crippen LogP) is 1.96. The van der Waals surface area contributed by atoms with Crippen molar-refractivity contribution >= 4 is 17.5 Å². The SMILES string of the molecule is CCN(CC(=O)NC(C)C)C(=O)CCc1c(C)nc2cc(C)nn2c1C. The van der Waals surface area contributed by atoms with Gasteiger partial charge < -0.3 is 10.2 Å². The summed E-state index contributed by atoms with van der Waals surface area (Å²) >= 11 is 0. The molecule has 1 N–H and O–H groups in total. The van der Waals surface area contributed by atoms with E-state index in [-0.39, 0.29) is 24.4 Å². The van der Waals surface area contributed by atoms with E-state index < -0.39 is 0 Å². The van der Waals surface area contributed by atoms with Crippen LogP contribution in [-0.2, 0) is 16.0 Å². The number of hydrogen-bond acceptors (Lipinski definition) is 4. The van der Waals surface area contributed by atoms with Crippen molar-refractivity contribution < 1.29 is 9.59 Å². The summed E-state index contributed by atoms with van der Waals surface area (Å²) in [5, 5.41) is 7.29. The van der Waals surface area contributed by atoms with Crippen molar-refractivity contribution in [1.82, 2.24) is 24.8 Å². The van der Waals surface area contributed by atoms with Crippen LogP contribution in [0.2, 0.25) is 0 Å². The lowest BCUT2D eigenvalue weighted by Gasteiger charge is -2.21. The zero-order chi connectivity index (χ0) is 19.4. The summed E-state index contributed by atoms with van der Waals surface area (Å²) in [6, 6.07) is 2.01. The number of likely N-dealkylation sites (N-methyl/N-ethyl adjacent to an activating group) is 1. The zero-order valence-corrected chi connectivity index (χ0v) is 16.6. The number of carbonyl (C=O) groups is 2. The molecule has 0 spiro atoms. The Hall–Kier alpha value is -2.44. The minimum absolute atomic E-state index is 0.0260. The van der Waals surface area contributed by atoms with Crippen molar-refractivity contribution in [3.05, 3.63) is 28.7 Å². The van der Waals surface area contributed by atoms with Gasteiger partial charge in [0.05, 0.1) is 12.2 Å². The summed E-state index contributed by atoms with van der Waals surface area (Å²) in [5.41, 5.74) is 4.71. The third-order valence-corrected chi connectivity index (χ3v) is 4.39. The molecular weight excluding hydrogens is 330 g/mol. The van der Waals surface area contributed by atoms with Crippen molar-refractivity contribution in [2.45, 2.75) is 60.4 Å². The second kappa shape index (κ2) is 8.29. The number of nitrogens with zero attached hydrogens (tertiary/aromatic N) is 4. The van der Waals surface area contributed by atoms with Crippen molar-refractivity contribution in [2.75, 3.05) is 13.1 Å². The van der Waals surface area contributed by atoms with Gasteiger partial charge in [-0.05, 0) is 53.5 Å². The molecule has 0 aromatic carbocycles. The lowest BCUT2D eigenvalue weighted by atomic mass is 10.1. The maximum absolute atomic E-state index is 12.6. The van der Waals surface area contributed by atoms with E-state index >= 15 is 0 Å². The van der Waals surface area contributed by atoms with E-state index in [1.165, 1.54) is 0 Å². The van der Waals surface area contributed by atoms with Crippen molar-refractivity contribution in [3.63, 3.8) is 0 Å². The Morgan fingerprint density at radius 3 is 2.58 bits per heavy atom. The van der Waals surface area contributed by atoms with Gasteiger partial charge in [0.1, 0.15) is 0 Å². The Bertz CT molecular complexity index is 810. The number of aromatic nitrogens is 3. The van der Waals surface area contributed by atoms with Gasteiger partial charge in [-0.2, -0.15) is 5.10 Å². The van der Waals surface area contributed by atoms with Gasteiger partial charge in [-0.25, -0.2) is 9.50 Å². The second-order valence-electron chi connectivity index (χ2n) is 6.95.